The van der Waals surface area contributed by atoms with Gasteiger partial charge in [0, 0.05) is 23.7 Å². The maximum absolute atomic E-state index is 10.8. The van der Waals surface area contributed by atoms with Crippen LogP contribution in [-0.4, -0.2) is 24.1 Å². The zero-order valence-corrected chi connectivity index (χ0v) is 9.94. The molecular weight excluding hydrogens is 244 g/mol. The minimum atomic E-state index is -0.456. The molecule has 1 N–H and O–H groups in total. The summed E-state index contributed by atoms with van der Waals surface area (Å²) in [5, 5.41) is 14.5. The first kappa shape index (κ1) is 12.1. The summed E-state index contributed by atoms with van der Waals surface area (Å²) in [6, 6.07) is 4.36. The lowest BCUT2D eigenvalue weighted by atomic mass is 10.1. The molecule has 1 unspecified atom stereocenters. The quantitative estimate of drug-likeness (QED) is 0.666. The van der Waals surface area contributed by atoms with Crippen LogP contribution < -0.4 is 10.1 Å². The Hall–Kier alpha value is -1.33. The summed E-state index contributed by atoms with van der Waals surface area (Å²) in [4.78, 5) is 10.4. The topological polar surface area (TPSA) is 64.4 Å². The van der Waals surface area contributed by atoms with Crippen LogP contribution in [0.25, 0.3) is 0 Å². The molecule has 0 aromatic heterocycles. The third-order valence-corrected chi connectivity index (χ3v) is 2.90. The molecule has 17 heavy (non-hydrogen) atoms. The van der Waals surface area contributed by atoms with Gasteiger partial charge in [-0.25, -0.2) is 0 Å². The Morgan fingerprint density at radius 2 is 2.35 bits per heavy atom. The highest BCUT2D eigenvalue weighted by Gasteiger charge is 2.21. The molecule has 5 nitrogen and oxygen atoms in total. The van der Waals surface area contributed by atoms with Gasteiger partial charge in [-0.05, 0) is 25.5 Å². The zero-order chi connectivity index (χ0) is 12.3. The van der Waals surface area contributed by atoms with E-state index in [1.165, 1.54) is 18.2 Å². The molecule has 1 aromatic carbocycles. The summed E-state index contributed by atoms with van der Waals surface area (Å²) in [7, 11) is 0. The minimum Gasteiger partial charge on any atom is -0.482 e. The van der Waals surface area contributed by atoms with E-state index in [9.17, 15) is 10.1 Å². The molecule has 1 heterocycles. The second-order valence-corrected chi connectivity index (χ2v) is 4.39. The van der Waals surface area contributed by atoms with Crippen molar-refractivity contribution in [1.29, 1.82) is 0 Å². The normalized spacial score (nSPS) is 19.9. The fraction of sp³-hybridized carbons (Fsp3) is 0.455. The number of halogens is 1. The molecule has 6 heteroatoms. The molecule has 0 bridgehead atoms. The van der Waals surface area contributed by atoms with Crippen LogP contribution in [0.15, 0.2) is 18.2 Å². The predicted molar refractivity (Wildman–Crippen MR) is 64.6 cm³/mol. The van der Waals surface area contributed by atoms with Crippen LogP contribution in [0, 0.1) is 10.1 Å². The van der Waals surface area contributed by atoms with Crippen molar-refractivity contribution in [3.05, 3.63) is 33.3 Å². The molecular formula is C11H13ClN2O3. The van der Waals surface area contributed by atoms with Gasteiger partial charge in [0.1, 0.15) is 6.10 Å². The molecule has 2 rings (SSSR count). The summed E-state index contributed by atoms with van der Waals surface area (Å²) in [5.74, 6) is 0.246. The van der Waals surface area contributed by atoms with E-state index in [-0.39, 0.29) is 17.5 Å². The highest BCUT2D eigenvalue weighted by Crippen LogP contribution is 2.31. The standard InChI is InChI=1S/C11H13ClN2O3/c12-8-3-4-10(14(15)16)11(6-8)17-9-2-1-5-13-7-9/h3-4,6,9,13H,1-2,5,7H2. The van der Waals surface area contributed by atoms with Crippen molar-refractivity contribution in [3.63, 3.8) is 0 Å². The number of piperidine rings is 1. The molecule has 0 amide bonds. The van der Waals surface area contributed by atoms with E-state index in [1.807, 2.05) is 0 Å². The van der Waals surface area contributed by atoms with Crippen LogP contribution in [0.5, 0.6) is 5.75 Å². The fourth-order valence-electron chi connectivity index (χ4n) is 1.83. The number of ether oxygens (including phenoxy) is 1. The van der Waals surface area contributed by atoms with Crippen LogP contribution in [-0.2, 0) is 0 Å². The molecule has 1 aliphatic heterocycles. The molecule has 1 atom stereocenters. The smallest absolute Gasteiger partial charge is 0.311 e. The Labute approximate surface area is 104 Å². The van der Waals surface area contributed by atoms with Gasteiger partial charge in [0.2, 0.25) is 0 Å². The Bertz CT molecular complexity index is 419. The van der Waals surface area contributed by atoms with Crippen molar-refractivity contribution in [2.45, 2.75) is 18.9 Å². The zero-order valence-electron chi connectivity index (χ0n) is 9.19. The van der Waals surface area contributed by atoms with Crippen LogP contribution >= 0.6 is 11.6 Å². The Morgan fingerprint density at radius 1 is 1.53 bits per heavy atom. The van der Waals surface area contributed by atoms with Gasteiger partial charge in [0.05, 0.1) is 4.92 Å². The van der Waals surface area contributed by atoms with Crippen molar-refractivity contribution < 1.29 is 9.66 Å². The number of hydrogen-bond donors (Lipinski definition) is 1. The maximum Gasteiger partial charge on any atom is 0.311 e. The van der Waals surface area contributed by atoms with Crippen molar-refractivity contribution >= 4 is 17.3 Å². The van der Waals surface area contributed by atoms with E-state index >= 15 is 0 Å². The monoisotopic (exact) mass is 256 g/mol. The van der Waals surface area contributed by atoms with Crippen molar-refractivity contribution in [2.75, 3.05) is 13.1 Å². The predicted octanol–water partition coefficient (Wildman–Crippen LogP) is 2.38. The van der Waals surface area contributed by atoms with Crippen LogP contribution in [0.2, 0.25) is 5.02 Å². The third kappa shape index (κ3) is 3.08. The maximum atomic E-state index is 10.8. The van der Waals surface area contributed by atoms with Gasteiger partial charge in [-0.2, -0.15) is 0 Å². The first-order chi connectivity index (χ1) is 8.16. The Kier molecular flexibility index (Phi) is 3.81. The average Bonchev–Trinajstić information content (AvgIpc) is 2.30. The number of nitro benzene ring substituents is 1. The molecule has 1 aliphatic rings. The highest BCUT2D eigenvalue weighted by atomic mass is 35.5. The molecule has 1 saturated heterocycles. The number of nitro groups is 1. The lowest BCUT2D eigenvalue weighted by molar-refractivity contribution is -0.386. The van der Waals surface area contributed by atoms with Crippen molar-refractivity contribution in [2.24, 2.45) is 0 Å². The van der Waals surface area contributed by atoms with E-state index in [0.29, 0.717) is 11.6 Å². The lowest BCUT2D eigenvalue weighted by Crippen LogP contribution is -2.37. The molecule has 92 valence electrons. The molecule has 0 saturated carbocycles. The first-order valence-corrected chi connectivity index (χ1v) is 5.86. The number of hydrogen-bond acceptors (Lipinski definition) is 4. The van der Waals surface area contributed by atoms with E-state index in [4.69, 9.17) is 16.3 Å². The molecule has 0 radical (unpaired) electrons. The van der Waals surface area contributed by atoms with Crippen LogP contribution in [0.3, 0.4) is 0 Å². The van der Waals surface area contributed by atoms with Crippen LogP contribution in [0.1, 0.15) is 12.8 Å². The number of nitrogens with zero attached hydrogens (tertiary/aromatic N) is 1. The summed E-state index contributed by atoms with van der Waals surface area (Å²) < 4.78 is 5.64. The molecule has 1 aromatic rings. The average molecular weight is 257 g/mol. The number of benzene rings is 1. The van der Waals surface area contributed by atoms with Gasteiger partial charge in [0.15, 0.2) is 5.75 Å². The summed E-state index contributed by atoms with van der Waals surface area (Å²) in [5.41, 5.74) is -0.0417. The second kappa shape index (κ2) is 5.33. The minimum absolute atomic E-state index is 0.0269. The fourth-order valence-corrected chi connectivity index (χ4v) is 2.00. The third-order valence-electron chi connectivity index (χ3n) is 2.66. The van der Waals surface area contributed by atoms with Crippen LogP contribution in [0.4, 0.5) is 5.69 Å². The second-order valence-electron chi connectivity index (χ2n) is 3.96. The Morgan fingerprint density at radius 3 is 3.00 bits per heavy atom. The van der Waals surface area contributed by atoms with Crippen molar-refractivity contribution in [1.82, 2.24) is 5.32 Å². The molecule has 1 fully saturated rings. The summed E-state index contributed by atoms with van der Waals surface area (Å²) >= 11 is 5.82. The summed E-state index contributed by atoms with van der Waals surface area (Å²) in [6.45, 7) is 1.68. The largest absolute Gasteiger partial charge is 0.482 e. The van der Waals surface area contributed by atoms with Gasteiger partial charge >= 0.3 is 5.69 Å². The van der Waals surface area contributed by atoms with Gasteiger partial charge in [-0.1, -0.05) is 11.6 Å². The molecule has 0 spiro atoms. The van der Waals surface area contributed by atoms with E-state index in [1.54, 1.807) is 0 Å². The molecule has 0 aliphatic carbocycles. The lowest BCUT2D eigenvalue weighted by Gasteiger charge is -2.23. The highest BCUT2D eigenvalue weighted by molar-refractivity contribution is 6.30. The Balaban J connectivity index is 2.17. The first-order valence-electron chi connectivity index (χ1n) is 5.48. The van der Waals surface area contributed by atoms with Gasteiger partial charge in [-0.3, -0.25) is 10.1 Å². The van der Waals surface area contributed by atoms with E-state index < -0.39 is 4.92 Å². The van der Waals surface area contributed by atoms with E-state index in [0.717, 1.165) is 19.4 Å². The van der Waals surface area contributed by atoms with E-state index in [2.05, 4.69) is 5.32 Å². The van der Waals surface area contributed by atoms with Gasteiger partial charge in [0.25, 0.3) is 0 Å². The SMILES string of the molecule is O=[N+]([O-])c1ccc(Cl)cc1OC1CCCNC1. The summed E-state index contributed by atoms with van der Waals surface area (Å²) in [6.07, 6.45) is 1.89. The van der Waals surface area contributed by atoms with Gasteiger partial charge < -0.3 is 10.1 Å². The van der Waals surface area contributed by atoms with Gasteiger partial charge in [-0.15, -0.1) is 0 Å². The number of rotatable bonds is 3. The number of nitrogens with one attached hydrogen (secondary N) is 1. The van der Waals surface area contributed by atoms with Crippen molar-refractivity contribution in [3.8, 4) is 5.75 Å².